The molecule has 1 nitrogen and oxygen atoms in total. The van der Waals surface area contributed by atoms with Gasteiger partial charge in [-0.05, 0) is 0 Å². The standard InChI is InChI=1S/C5H5.C4H10N.4CH3.2ClH.Zr/c1-2-4-5-3-1;1-4(2,3)5;;;;;;;/h1-3H,4H2;5H,1-3H3;4*1H3;2*1H;/q;-1;;;;;;;+1. The van der Waals surface area contributed by atoms with Gasteiger partial charge in [-0.15, -0.1) is 24.8 Å². The van der Waals surface area contributed by atoms with Crippen molar-refractivity contribution in [2.45, 2.75) is 51.3 Å². The molecule has 0 aliphatic heterocycles. The SMILES string of the molecule is CC(C)(C)[NH][Zr]([CH3])([CH3])([CH3])([CH3])[C]1=CC=CC1.Cl.Cl. The van der Waals surface area contributed by atoms with E-state index in [1.807, 2.05) is 0 Å². The molecule has 0 heterocycles. The van der Waals surface area contributed by atoms with Gasteiger partial charge in [-0.1, -0.05) is 0 Å². The smallest absolute Gasteiger partial charge is 0.147 e. The van der Waals surface area contributed by atoms with Gasteiger partial charge in [-0.2, -0.15) is 0 Å². The predicted molar refractivity (Wildman–Crippen MR) is 82.7 cm³/mol. The Kier molecular flexibility index (Phi) is 5.69. The number of rotatable bonds is 2. The molecule has 0 atom stereocenters. The molecule has 0 saturated heterocycles. The number of nitrogens with one attached hydrogen (secondary N) is 1. The quantitative estimate of drug-likeness (QED) is 0.695. The largest absolute Gasteiger partial charge is 0.147 e. The zero-order chi connectivity index (χ0) is 12.0. The topological polar surface area (TPSA) is 12.0 Å². The second-order valence-corrected chi connectivity index (χ2v) is 36.2. The second kappa shape index (κ2) is 4.78. The molecule has 0 aromatic heterocycles. The van der Waals surface area contributed by atoms with Crippen molar-refractivity contribution in [1.82, 2.24) is 3.26 Å². The van der Waals surface area contributed by atoms with Gasteiger partial charge >= 0.3 is 93.6 Å². The first-order valence-electron chi connectivity index (χ1n) is 5.97. The van der Waals surface area contributed by atoms with Crippen LogP contribution in [0.25, 0.3) is 0 Å². The molecule has 0 saturated carbocycles. The monoisotopic (exact) mass is 359 g/mol. The van der Waals surface area contributed by atoms with Crippen LogP contribution < -0.4 is 3.26 Å². The Morgan fingerprint density at radius 1 is 1.06 bits per heavy atom. The molecule has 0 bridgehead atoms. The third-order valence-corrected chi connectivity index (χ3v) is 15.8. The molecular weight excluding hydrogens is 332 g/mol. The molecule has 0 unspecified atom stereocenters. The molecule has 0 aromatic rings. The number of hydrogen-bond acceptors (Lipinski definition) is 1. The van der Waals surface area contributed by atoms with Gasteiger partial charge in [-0.3, -0.25) is 0 Å². The number of allylic oxidation sites excluding steroid dienone is 4. The average Bonchev–Trinajstić information content (AvgIpc) is 2.24. The van der Waals surface area contributed by atoms with Crippen molar-refractivity contribution < 1.29 is 17.6 Å². The van der Waals surface area contributed by atoms with Crippen LogP contribution in [0.5, 0.6) is 0 Å². The first-order valence-corrected chi connectivity index (χ1v) is 18.3. The number of halogens is 2. The van der Waals surface area contributed by atoms with E-state index in [0.717, 1.165) is 6.42 Å². The van der Waals surface area contributed by atoms with Gasteiger partial charge < -0.3 is 0 Å². The molecule has 0 aromatic carbocycles. The normalized spacial score (nSPS) is 19.6. The van der Waals surface area contributed by atoms with E-state index < -0.39 is 17.6 Å². The molecule has 1 aliphatic carbocycles. The third kappa shape index (κ3) is 5.60. The minimum atomic E-state index is -3.33. The minimum absolute atomic E-state index is 0. The second-order valence-electron chi connectivity index (χ2n) is 8.82. The van der Waals surface area contributed by atoms with Crippen molar-refractivity contribution in [2.24, 2.45) is 0 Å². The maximum absolute atomic E-state index is 3.98. The summed E-state index contributed by atoms with van der Waals surface area (Å²) >= 11 is -3.33. The van der Waals surface area contributed by atoms with Gasteiger partial charge in [0.15, 0.2) is 0 Å². The molecular formula is C13H29Cl2NZr. The van der Waals surface area contributed by atoms with Crippen LogP contribution in [0, 0.1) is 0 Å². The maximum atomic E-state index is 3.98. The van der Waals surface area contributed by atoms with Gasteiger partial charge in [0.2, 0.25) is 0 Å². The molecule has 0 amide bonds. The van der Waals surface area contributed by atoms with E-state index in [-0.39, 0.29) is 30.4 Å². The molecule has 4 heteroatoms. The van der Waals surface area contributed by atoms with Crippen LogP contribution in [0.1, 0.15) is 27.2 Å². The van der Waals surface area contributed by atoms with Gasteiger partial charge in [0.05, 0.1) is 0 Å². The van der Waals surface area contributed by atoms with Crippen LogP contribution in [-0.2, 0) is 17.6 Å². The van der Waals surface area contributed by atoms with Crippen molar-refractivity contribution in [2.75, 3.05) is 0 Å². The first kappa shape index (κ1) is 20.2. The third-order valence-electron chi connectivity index (χ3n) is 3.15. The first-order chi connectivity index (χ1) is 6.33. The van der Waals surface area contributed by atoms with Crippen LogP contribution >= 0.6 is 24.8 Å². The van der Waals surface area contributed by atoms with Crippen LogP contribution in [-0.4, -0.2) is 5.54 Å². The zero-order valence-electron chi connectivity index (χ0n) is 12.3. The summed E-state index contributed by atoms with van der Waals surface area (Å²) in [6.45, 7) is 6.80. The van der Waals surface area contributed by atoms with Crippen LogP contribution in [0.15, 0.2) is 21.5 Å². The fourth-order valence-electron chi connectivity index (χ4n) is 3.05. The molecule has 0 spiro atoms. The van der Waals surface area contributed by atoms with E-state index in [9.17, 15) is 0 Å². The molecule has 104 valence electrons. The van der Waals surface area contributed by atoms with Crippen LogP contribution in [0.4, 0.5) is 0 Å². The Hall–Kier alpha value is 0.903. The van der Waals surface area contributed by atoms with Gasteiger partial charge in [0.25, 0.3) is 0 Å². The fourth-order valence-corrected chi connectivity index (χ4v) is 16.4. The van der Waals surface area contributed by atoms with Crippen molar-refractivity contribution in [3.63, 3.8) is 0 Å². The Balaban J connectivity index is 0. The van der Waals surface area contributed by atoms with Crippen LogP contribution in [0.3, 0.4) is 0 Å². The summed E-state index contributed by atoms with van der Waals surface area (Å²) in [5.74, 6) is 0. The summed E-state index contributed by atoms with van der Waals surface area (Å²) in [5, 5.41) is 0. The Morgan fingerprint density at radius 3 is 1.82 bits per heavy atom. The maximum Gasteiger partial charge on any atom is -0.147 e. The molecule has 0 radical (unpaired) electrons. The van der Waals surface area contributed by atoms with E-state index in [1.54, 1.807) is 3.28 Å². The summed E-state index contributed by atoms with van der Waals surface area (Å²) in [7, 11) is 0. The van der Waals surface area contributed by atoms with E-state index in [1.165, 1.54) is 0 Å². The molecule has 0 fully saturated rings. The van der Waals surface area contributed by atoms with Crippen LogP contribution in [0.2, 0.25) is 18.5 Å². The average molecular weight is 362 g/mol. The van der Waals surface area contributed by atoms with E-state index in [0.29, 0.717) is 0 Å². The Bertz CT molecular complexity index is 341. The molecule has 1 rings (SSSR count). The Morgan fingerprint density at radius 2 is 1.53 bits per heavy atom. The summed E-state index contributed by atoms with van der Waals surface area (Å²) in [4.78, 5) is 0. The molecule has 1 aliphatic rings. The summed E-state index contributed by atoms with van der Waals surface area (Å²) in [6.07, 6.45) is 7.94. The van der Waals surface area contributed by atoms with Gasteiger partial charge in [0.1, 0.15) is 0 Å². The zero-order valence-corrected chi connectivity index (χ0v) is 16.3. The molecule has 1 N–H and O–H groups in total. The minimum Gasteiger partial charge on any atom is -0.147 e. The van der Waals surface area contributed by atoms with E-state index >= 15 is 0 Å². The van der Waals surface area contributed by atoms with E-state index in [4.69, 9.17) is 0 Å². The summed E-state index contributed by atoms with van der Waals surface area (Å²) < 4.78 is 15.6. The van der Waals surface area contributed by atoms with Crippen molar-refractivity contribution in [3.8, 4) is 0 Å². The number of hydrogen-bond donors (Lipinski definition) is 1. The van der Waals surface area contributed by atoms with Gasteiger partial charge in [0, 0.05) is 0 Å². The van der Waals surface area contributed by atoms with Gasteiger partial charge in [-0.25, -0.2) is 0 Å². The Labute approximate surface area is 118 Å². The fraction of sp³-hybridized carbons (Fsp3) is 0.692. The molecule has 17 heavy (non-hydrogen) atoms. The predicted octanol–water partition coefficient (Wildman–Crippen LogP) is 5.39. The van der Waals surface area contributed by atoms with Crippen molar-refractivity contribution >= 4 is 24.8 Å². The summed E-state index contributed by atoms with van der Waals surface area (Å²) in [5.41, 5.74) is 0.188. The van der Waals surface area contributed by atoms with Crippen molar-refractivity contribution in [1.29, 1.82) is 0 Å². The summed E-state index contributed by atoms with van der Waals surface area (Å²) in [6, 6.07) is 0. The van der Waals surface area contributed by atoms with Crippen molar-refractivity contribution in [3.05, 3.63) is 21.5 Å². The van der Waals surface area contributed by atoms with E-state index in [2.05, 4.69) is 60.8 Å².